The quantitative estimate of drug-likeness (QED) is 0.391. The molecule has 164 valence electrons. The standard InChI is InChI=1S/C22H24N2O6S/c1-5-30-11-10-24-16-8-6-15(21(26)29-4)13-19(16)31-22(24)23-20(25)14-7-9-17(27-2)18(12-14)28-3/h6-9,12-13H,5,10-11H2,1-4H3. The van der Waals surface area contributed by atoms with Gasteiger partial charge in [0.1, 0.15) is 0 Å². The second kappa shape index (κ2) is 10.2. The van der Waals surface area contributed by atoms with Gasteiger partial charge in [0.25, 0.3) is 5.91 Å². The van der Waals surface area contributed by atoms with E-state index in [9.17, 15) is 9.59 Å². The highest BCUT2D eigenvalue weighted by Gasteiger charge is 2.14. The second-order valence-electron chi connectivity index (χ2n) is 6.39. The molecular formula is C22H24N2O6S. The van der Waals surface area contributed by atoms with Crippen molar-refractivity contribution in [3.8, 4) is 11.5 Å². The fraction of sp³-hybridized carbons (Fsp3) is 0.318. The molecule has 0 N–H and O–H groups in total. The van der Waals surface area contributed by atoms with E-state index in [0.29, 0.717) is 47.2 Å². The highest BCUT2D eigenvalue weighted by atomic mass is 32.1. The molecule has 0 unspecified atom stereocenters. The molecule has 0 aliphatic carbocycles. The molecule has 0 radical (unpaired) electrons. The van der Waals surface area contributed by atoms with Crippen LogP contribution in [-0.4, -0.2) is 51.0 Å². The van der Waals surface area contributed by atoms with Gasteiger partial charge in [0.2, 0.25) is 0 Å². The number of hydrogen-bond donors (Lipinski definition) is 0. The lowest BCUT2D eigenvalue weighted by Crippen LogP contribution is -2.19. The number of carbonyl (C=O) groups is 2. The number of amides is 1. The van der Waals surface area contributed by atoms with Crippen molar-refractivity contribution in [3.63, 3.8) is 0 Å². The summed E-state index contributed by atoms with van der Waals surface area (Å²) in [4.78, 5) is 29.6. The van der Waals surface area contributed by atoms with Gasteiger partial charge >= 0.3 is 5.97 Å². The fourth-order valence-electron chi connectivity index (χ4n) is 3.04. The summed E-state index contributed by atoms with van der Waals surface area (Å²) < 4.78 is 23.5. The molecule has 3 rings (SSSR count). The number of benzene rings is 2. The van der Waals surface area contributed by atoms with Crippen LogP contribution in [0.5, 0.6) is 11.5 Å². The Morgan fingerprint density at radius 2 is 1.74 bits per heavy atom. The number of aromatic nitrogens is 1. The van der Waals surface area contributed by atoms with Crippen LogP contribution < -0.4 is 14.3 Å². The predicted octanol–water partition coefficient (Wildman–Crippen LogP) is 3.28. The van der Waals surface area contributed by atoms with Gasteiger partial charge in [-0.25, -0.2) is 4.79 Å². The van der Waals surface area contributed by atoms with Crippen molar-refractivity contribution in [1.29, 1.82) is 0 Å². The summed E-state index contributed by atoms with van der Waals surface area (Å²) in [5, 5.41) is 0. The molecule has 0 saturated heterocycles. The number of methoxy groups -OCH3 is 3. The Kier molecular flexibility index (Phi) is 7.43. The largest absolute Gasteiger partial charge is 0.493 e. The van der Waals surface area contributed by atoms with E-state index in [1.807, 2.05) is 17.6 Å². The molecule has 0 bridgehead atoms. The van der Waals surface area contributed by atoms with Gasteiger partial charge in [-0.2, -0.15) is 4.99 Å². The zero-order valence-corrected chi connectivity index (χ0v) is 18.7. The molecular weight excluding hydrogens is 420 g/mol. The maximum Gasteiger partial charge on any atom is 0.337 e. The zero-order valence-electron chi connectivity index (χ0n) is 17.8. The van der Waals surface area contributed by atoms with Crippen LogP contribution in [0.3, 0.4) is 0 Å². The Labute approximate surface area is 183 Å². The van der Waals surface area contributed by atoms with Crippen molar-refractivity contribution in [2.75, 3.05) is 34.5 Å². The van der Waals surface area contributed by atoms with Crippen LogP contribution >= 0.6 is 11.3 Å². The topological polar surface area (TPSA) is 88.4 Å². The zero-order chi connectivity index (χ0) is 22.4. The minimum absolute atomic E-state index is 0.377. The number of thiazole rings is 1. The lowest BCUT2D eigenvalue weighted by atomic mass is 10.2. The van der Waals surface area contributed by atoms with Crippen LogP contribution in [0.1, 0.15) is 27.6 Å². The Bertz CT molecular complexity index is 1160. The van der Waals surface area contributed by atoms with E-state index in [-0.39, 0.29) is 0 Å². The van der Waals surface area contributed by atoms with Crippen LogP contribution in [0, 0.1) is 0 Å². The molecule has 0 saturated carbocycles. The van der Waals surface area contributed by atoms with E-state index >= 15 is 0 Å². The van der Waals surface area contributed by atoms with E-state index in [4.69, 9.17) is 18.9 Å². The normalized spacial score (nSPS) is 11.5. The van der Waals surface area contributed by atoms with Gasteiger partial charge in [-0.15, -0.1) is 0 Å². The van der Waals surface area contributed by atoms with Crippen molar-refractivity contribution >= 4 is 33.4 Å². The first-order valence-corrected chi connectivity index (χ1v) is 10.4. The molecule has 1 heterocycles. The molecule has 0 atom stereocenters. The molecule has 8 nitrogen and oxygen atoms in total. The minimum atomic E-state index is -0.420. The van der Waals surface area contributed by atoms with Gasteiger partial charge in [-0.1, -0.05) is 11.3 Å². The summed E-state index contributed by atoms with van der Waals surface area (Å²) in [6.45, 7) is 3.50. The lowest BCUT2D eigenvalue weighted by Gasteiger charge is -2.08. The van der Waals surface area contributed by atoms with Gasteiger partial charge in [0.15, 0.2) is 16.3 Å². The van der Waals surface area contributed by atoms with E-state index in [1.165, 1.54) is 32.7 Å². The van der Waals surface area contributed by atoms with Gasteiger partial charge in [0.05, 0.1) is 43.7 Å². The van der Waals surface area contributed by atoms with Crippen LogP contribution in [0.15, 0.2) is 41.4 Å². The predicted molar refractivity (Wildman–Crippen MR) is 117 cm³/mol. The van der Waals surface area contributed by atoms with E-state index < -0.39 is 11.9 Å². The Morgan fingerprint density at radius 1 is 1.00 bits per heavy atom. The maximum absolute atomic E-state index is 12.9. The van der Waals surface area contributed by atoms with Crippen LogP contribution in [-0.2, 0) is 16.0 Å². The third-order valence-corrected chi connectivity index (χ3v) is 5.64. The average molecular weight is 445 g/mol. The van der Waals surface area contributed by atoms with Crippen molar-refractivity contribution in [2.45, 2.75) is 13.5 Å². The molecule has 0 fully saturated rings. The monoisotopic (exact) mass is 444 g/mol. The van der Waals surface area contributed by atoms with Crippen molar-refractivity contribution < 1.29 is 28.5 Å². The first-order valence-electron chi connectivity index (χ1n) is 9.62. The number of nitrogens with zero attached hydrogens (tertiary/aromatic N) is 2. The summed E-state index contributed by atoms with van der Waals surface area (Å²) >= 11 is 1.32. The number of carbonyl (C=O) groups excluding carboxylic acids is 2. The summed E-state index contributed by atoms with van der Waals surface area (Å²) in [5.74, 6) is 0.150. The average Bonchev–Trinajstić information content (AvgIpc) is 3.14. The fourth-order valence-corrected chi connectivity index (χ4v) is 4.13. The smallest absolute Gasteiger partial charge is 0.337 e. The number of rotatable bonds is 8. The highest BCUT2D eigenvalue weighted by Crippen LogP contribution is 2.28. The number of hydrogen-bond acceptors (Lipinski definition) is 7. The lowest BCUT2D eigenvalue weighted by molar-refractivity contribution is 0.0600. The Hall–Kier alpha value is -3.17. The SMILES string of the molecule is CCOCCn1c(=NC(=O)c2ccc(OC)c(OC)c2)sc2cc(C(=O)OC)ccc21. The van der Waals surface area contributed by atoms with Crippen molar-refractivity contribution in [3.05, 3.63) is 52.3 Å². The first-order chi connectivity index (χ1) is 15.0. The van der Waals surface area contributed by atoms with E-state index in [1.54, 1.807) is 30.3 Å². The maximum atomic E-state index is 12.9. The highest BCUT2D eigenvalue weighted by molar-refractivity contribution is 7.16. The van der Waals surface area contributed by atoms with Crippen LogP contribution in [0.2, 0.25) is 0 Å². The van der Waals surface area contributed by atoms with Crippen LogP contribution in [0.4, 0.5) is 0 Å². The third-order valence-electron chi connectivity index (χ3n) is 4.59. The summed E-state index contributed by atoms with van der Waals surface area (Å²) in [6.07, 6.45) is 0. The summed E-state index contributed by atoms with van der Waals surface area (Å²) in [5.41, 5.74) is 1.67. The number of esters is 1. The molecule has 2 aromatic carbocycles. The minimum Gasteiger partial charge on any atom is -0.493 e. The Balaban J connectivity index is 2.07. The molecule has 1 amide bonds. The summed E-state index contributed by atoms with van der Waals surface area (Å²) in [7, 11) is 4.38. The Morgan fingerprint density at radius 3 is 2.42 bits per heavy atom. The van der Waals surface area contributed by atoms with Crippen molar-refractivity contribution in [2.24, 2.45) is 4.99 Å². The van der Waals surface area contributed by atoms with Gasteiger partial charge in [-0.3, -0.25) is 4.79 Å². The van der Waals surface area contributed by atoms with Gasteiger partial charge in [0, 0.05) is 18.7 Å². The summed E-state index contributed by atoms with van der Waals surface area (Å²) in [6, 6.07) is 10.2. The first kappa shape index (κ1) is 22.5. The van der Waals surface area contributed by atoms with E-state index in [0.717, 1.165) is 10.2 Å². The molecule has 0 aliphatic rings. The molecule has 1 aromatic heterocycles. The van der Waals surface area contributed by atoms with Gasteiger partial charge < -0.3 is 23.5 Å². The second-order valence-corrected chi connectivity index (χ2v) is 7.40. The van der Waals surface area contributed by atoms with Crippen LogP contribution in [0.25, 0.3) is 10.2 Å². The number of fused-ring (bicyclic) bond motifs is 1. The van der Waals surface area contributed by atoms with Crippen molar-refractivity contribution in [1.82, 2.24) is 4.57 Å². The van der Waals surface area contributed by atoms with Gasteiger partial charge in [-0.05, 0) is 43.3 Å². The molecule has 9 heteroatoms. The van der Waals surface area contributed by atoms with E-state index in [2.05, 4.69) is 4.99 Å². The molecule has 3 aromatic rings. The third kappa shape index (κ3) is 4.95. The molecule has 0 spiro atoms. The number of ether oxygens (including phenoxy) is 4. The molecule has 0 aliphatic heterocycles. The molecule has 31 heavy (non-hydrogen) atoms.